The largest absolute Gasteiger partial charge is 0.457 e. The van der Waals surface area contributed by atoms with Crippen LogP contribution in [0.3, 0.4) is 0 Å². The van der Waals surface area contributed by atoms with Gasteiger partial charge in [-0.1, -0.05) is 148 Å². The molecule has 1 aliphatic rings. The highest BCUT2D eigenvalue weighted by Gasteiger charge is 2.31. The van der Waals surface area contributed by atoms with Gasteiger partial charge in [0.25, 0.3) is 0 Å². The van der Waals surface area contributed by atoms with Crippen LogP contribution in [0, 0.1) is 0 Å². The summed E-state index contributed by atoms with van der Waals surface area (Å²) in [7, 11) is 2.16. The molecule has 59 heavy (non-hydrogen) atoms. The van der Waals surface area contributed by atoms with Crippen molar-refractivity contribution in [1.29, 1.82) is 0 Å². The molecule has 1 aliphatic heterocycles. The molecule has 0 atom stereocenters. The Balaban J connectivity index is 1.01. The molecule has 10 rings (SSSR count). The van der Waals surface area contributed by atoms with E-state index in [1.165, 1.54) is 55.0 Å². The van der Waals surface area contributed by atoms with Gasteiger partial charge in [-0.15, -0.1) is 0 Å². The van der Waals surface area contributed by atoms with Gasteiger partial charge in [0.15, 0.2) is 0 Å². The molecular formula is C53H45BN4O. The molecule has 1 N–H and O–H groups in total. The Kier molecular flexibility index (Phi) is 8.86. The normalized spacial score (nSPS) is 12.1. The van der Waals surface area contributed by atoms with Crippen molar-refractivity contribution in [2.45, 2.75) is 33.0 Å². The van der Waals surface area contributed by atoms with Crippen LogP contribution in [0.25, 0.3) is 49.9 Å². The number of hydrogen-bond acceptors (Lipinski definition) is 4. The molecule has 7 aromatic carbocycles. The van der Waals surface area contributed by atoms with Gasteiger partial charge in [-0.2, -0.15) is 0 Å². The number of rotatable bonds is 9. The summed E-state index contributed by atoms with van der Waals surface area (Å²) >= 11 is 0. The first-order valence-electron chi connectivity index (χ1n) is 20.4. The highest BCUT2D eigenvalue weighted by Crippen LogP contribution is 2.44. The van der Waals surface area contributed by atoms with E-state index in [0.29, 0.717) is 0 Å². The van der Waals surface area contributed by atoms with E-state index < -0.39 is 0 Å². The molecule has 2 aromatic heterocycles. The van der Waals surface area contributed by atoms with Gasteiger partial charge < -0.3 is 15.0 Å². The van der Waals surface area contributed by atoms with Crippen molar-refractivity contribution in [2.75, 3.05) is 17.3 Å². The van der Waals surface area contributed by atoms with Crippen LogP contribution in [0.2, 0.25) is 6.82 Å². The van der Waals surface area contributed by atoms with Crippen LogP contribution in [0.15, 0.2) is 176 Å². The lowest BCUT2D eigenvalue weighted by Gasteiger charge is -2.28. The molecule has 6 heteroatoms. The molecule has 0 saturated carbocycles. The zero-order valence-electron chi connectivity index (χ0n) is 34.1. The molecule has 3 heterocycles. The number of hydrogen-bond donors (Lipinski definition) is 1. The fourth-order valence-corrected chi connectivity index (χ4v) is 8.93. The number of para-hydroxylation sites is 3. The highest BCUT2D eigenvalue weighted by atomic mass is 16.5. The third-order valence-corrected chi connectivity index (χ3v) is 11.9. The number of aromatic nitrogens is 2. The van der Waals surface area contributed by atoms with Crippen LogP contribution < -0.4 is 25.9 Å². The van der Waals surface area contributed by atoms with Crippen molar-refractivity contribution < 1.29 is 4.74 Å². The predicted octanol–water partition coefficient (Wildman–Crippen LogP) is 12.7. The highest BCUT2D eigenvalue weighted by molar-refractivity contribution is 6.91. The van der Waals surface area contributed by atoms with Crippen LogP contribution >= 0.6 is 0 Å². The SMILES string of the molecule is CB1c2cccc3c2c2c1cc(Oc1cccc(Nc4ccccc4N(C)c4c(-c5ccccc5)cccc4-c4ccccc4)c1)cc2n3-c1cc(C(C)(C)C)ccn1. The lowest BCUT2D eigenvalue weighted by atomic mass is 9.45. The predicted molar refractivity (Wildman–Crippen MR) is 250 cm³/mol. The maximum Gasteiger partial charge on any atom is 0.208 e. The van der Waals surface area contributed by atoms with E-state index in [9.17, 15) is 0 Å². The topological polar surface area (TPSA) is 42.3 Å². The van der Waals surface area contributed by atoms with Gasteiger partial charge in [-0.05, 0) is 70.6 Å². The zero-order valence-corrected chi connectivity index (χ0v) is 34.1. The summed E-state index contributed by atoms with van der Waals surface area (Å²) in [6.45, 7) is 9.30. The number of ether oxygens (including phenoxy) is 1. The zero-order chi connectivity index (χ0) is 40.3. The van der Waals surface area contributed by atoms with Crippen molar-refractivity contribution in [3.8, 4) is 39.6 Å². The van der Waals surface area contributed by atoms with Crippen LogP contribution in [0.4, 0.5) is 22.7 Å². The monoisotopic (exact) mass is 764 g/mol. The Morgan fingerprint density at radius 3 is 2.00 bits per heavy atom. The van der Waals surface area contributed by atoms with Crippen molar-refractivity contribution in [2.24, 2.45) is 0 Å². The molecule has 286 valence electrons. The average Bonchev–Trinajstić information content (AvgIpc) is 3.75. The van der Waals surface area contributed by atoms with E-state index in [4.69, 9.17) is 9.72 Å². The average molecular weight is 765 g/mol. The molecule has 0 unspecified atom stereocenters. The minimum atomic E-state index is -0.000636. The Hall–Kier alpha value is -7.05. The molecule has 5 nitrogen and oxygen atoms in total. The van der Waals surface area contributed by atoms with E-state index in [0.717, 1.165) is 45.6 Å². The summed E-state index contributed by atoms with van der Waals surface area (Å²) in [5.41, 5.74) is 15.0. The van der Waals surface area contributed by atoms with Crippen LogP contribution in [0.5, 0.6) is 11.5 Å². The molecular weight excluding hydrogens is 719 g/mol. The maximum absolute atomic E-state index is 6.80. The van der Waals surface area contributed by atoms with Gasteiger partial charge in [-0.25, -0.2) is 4.98 Å². The first-order chi connectivity index (χ1) is 28.7. The van der Waals surface area contributed by atoms with E-state index in [2.05, 4.69) is 207 Å². The van der Waals surface area contributed by atoms with Gasteiger partial charge in [0.2, 0.25) is 6.71 Å². The van der Waals surface area contributed by atoms with Gasteiger partial charge in [0.1, 0.15) is 17.3 Å². The number of pyridine rings is 1. The Morgan fingerprint density at radius 1 is 0.610 bits per heavy atom. The Morgan fingerprint density at radius 2 is 1.27 bits per heavy atom. The third-order valence-electron chi connectivity index (χ3n) is 11.9. The minimum absolute atomic E-state index is 0.000636. The van der Waals surface area contributed by atoms with E-state index >= 15 is 0 Å². The van der Waals surface area contributed by atoms with Crippen LogP contribution in [-0.2, 0) is 5.41 Å². The Bertz CT molecular complexity index is 2960. The summed E-state index contributed by atoms with van der Waals surface area (Å²) < 4.78 is 9.11. The summed E-state index contributed by atoms with van der Waals surface area (Å²) in [6.07, 6.45) is 1.94. The quantitative estimate of drug-likeness (QED) is 0.149. The second-order valence-electron chi connectivity index (χ2n) is 16.6. The number of benzene rings is 7. The number of anilines is 4. The molecule has 0 radical (unpaired) electrons. The minimum Gasteiger partial charge on any atom is -0.457 e. The van der Waals surface area contributed by atoms with Crippen molar-refractivity contribution in [3.05, 3.63) is 182 Å². The summed E-state index contributed by atoms with van der Waals surface area (Å²) in [4.78, 5) is 7.23. The van der Waals surface area contributed by atoms with Gasteiger partial charge in [-0.3, -0.25) is 4.57 Å². The molecule has 0 spiro atoms. The van der Waals surface area contributed by atoms with Crippen molar-refractivity contribution >= 4 is 62.2 Å². The van der Waals surface area contributed by atoms with Crippen molar-refractivity contribution in [3.63, 3.8) is 0 Å². The summed E-state index contributed by atoms with van der Waals surface area (Å²) in [5.74, 6) is 2.48. The number of nitrogens with one attached hydrogen (secondary N) is 1. The van der Waals surface area contributed by atoms with E-state index in [1.807, 2.05) is 18.3 Å². The maximum atomic E-state index is 6.80. The first-order valence-corrected chi connectivity index (χ1v) is 20.4. The van der Waals surface area contributed by atoms with Gasteiger partial charge in [0, 0.05) is 53.0 Å². The molecule has 0 aliphatic carbocycles. The molecule has 0 amide bonds. The summed E-state index contributed by atoms with van der Waals surface area (Å²) in [5, 5.41) is 6.37. The van der Waals surface area contributed by atoms with Crippen LogP contribution in [-0.4, -0.2) is 23.3 Å². The molecule has 0 fully saturated rings. The van der Waals surface area contributed by atoms with E-state index in [1.54, 1.807) is 0 Å². The smallest absolute Gasteiger partial charge is 0.208 e. The van der Waals surface area contributed by atoms with Crippen LogP contribution in [0.1, 0.15) is 26.3 Å². The standard InChI is InChI=1S/C53H45BN4O/c1-53(2,3)37-29-30-55-49(31-37)58-47-28-16-25-43-50(47)51-44(54(43)4)33-40(34-48(51)58)59-39-22-14-21-38(32-39)56-45-26-12-13-27-46(45)57(5)52-41(35-17-8-6-9-18-35)23-15-24-42(52)36-19-10-7-11-20-36/h6-34,56H,1-5H3. The van der Waals surface area contributed by atoms with Gasteiger partial charge in [0.05, 0.1) is 28.1 Å². The van der Waals surface area contributed by atoms with Crippen molar-refractivity contribution in [1.82, 2.24) is 9.55 Å². The summed E-state index contributed by atoms with van der Waals surface area (Å²) in [6, 6.07) is 60.0. The lowest BCUT2D eigenvalue weighted by molar-refractivity contribution is 0.484. The fraction of sp³-hybridized carbons (Fsp3) is 0.113. The van der Waals surface area contributed by atoms with E-state index in [-0.39, 0.29) is 12.1 Å². The Labute approximate surface area is 346 Å². The molecule has 9 aromatic rings. The molecule has 0 saturated heterocycles. The number of nitrogens with zero attached hydrogens (tertiary/aromatic N) is 3. The second-order valence-corrected chi connectivity index (χ2v) is 16.6. The fourth-order valence-electron chi connectivity index (χ4n) is 8.93. The lowest BCUT2D eigenvalue weighted by Crippen LogP contribution is -2.35. The first kappa shape index (κ1) is 36.3. The third kappa shape index (κ3) is 6.42. The second kappa shape index (κ2) is 14.4. The van der Waals surface area contributed by atoms with Gasteiger partial charge >= 0.3 is 0 Å². The molecule has 0 bridgehead atoms.